The molecule has 1 fully saturated rings. The molecule has 3 rings (SSSR count). The molecule has 100 valence electrons. The van der Waals surface area contributed by atoms with E-state index in [1.807, 2.05) is 47.3 Å². The van der Waals surface area contributed by atoms with Crippen LogP contribution in [0.3, 0.4) is 0 Å². The van der Waals surface area contributed by atoms with Crippen molar-refractivity contribution in [2.45, 2.75) is 18.9 Å². The third-order valence-electron chi connectivity index (χ3n) is 3.48. The Morgan fingerprint density at radius 2 is 2.11 bits per heavy atom. The monoisotopic (exact) mass is 257 g/mol. The fourth-order valence-corrected chi connectivity index (χ4v) is 2.29. The van der Waals surface area contributed by atoms with Gasteiger partial charge in [0.15, 0.2) is 0 Å². The van der Waals surface area contributed by atoms with E-state index in [1.54, 1.807) is 7.11 Å². The largest absolute Gasteiger partial charge is 0.383 e. The lowest BCUT2D eigenvalue weighted by molar-refractivity contribution is 0.179. The summed E-state index contributed by atoms with van der Waals surface area (Å²) in [6.07, 6.45) is 4.56. The average Bonchev–Trinajstić information content (AvgIpc) is 3.19. The lowest BCUT2D eigenvalue weighted by Crippen LogP contribution is -2.27. The van der Waals surface area contributed by atoms with Gasteiger partial charge in [-0.05, 0) is 30.9 Å². The lowest BCUT2D eigenvalue weighted by Gasteiger charge is -2.16. The molecule has 1 saturated carbocycles. The summed E-state index contributed by atoms with van der Waals surface area (Å²) >= 11 is 0. The van der Waals surface area contributed by atoms with Crippen molar-refractivity contribution in [3.63, 3.8) is 0 Å². The molecule has 0 saturated heterocycles. The Balaban J connectivity index is 1.70. The highest BCUT2D eigenvalue weighted by atomic mass is 16.5. The second-order valence-corrected chi connectivity index (χ2v) is 5.02. The Morgan fingerprint density at radius 3 is 2.79 bits per heavy atom. The number of nitrogens with one attached hydrogen (secondary N) is 1. The van der Waals surface area contributed by atoms with Gasteiger partial charge >= 0.3 is 0 Å². The summed E-state index contributed by atoms with van der Waals surface area (Å²) in [6.45, 7) is 0.739. The minimum absolute atomic E-state index is 0.379. The van der Waals surface area contributed by atoms with Gasteiger partial charge in [0.1, 0.15) is 5.82 Å². The highest BCUT2D eigenvalue weighted by molar-refractivity contribution is 5.39. The Morgan fingerprint density at radius 1 is 1.32 bits per heavy atom. The van der Waals surface area contributed by atoms with Crippen LogP contribution in [0.25, 0.3) is 5.69 Å². The number of anilines is 1. The minimum Gasteiger partial charge on any atom is -0.383 e. The highest BCUT2D eigenvalue weighted by Crippen LogP contribution is 2.34. The first-order valence-corrected chi connectivity index (χ1v) is 6.73. The molecular formula is C15H19N3O. The van der Waals surface area contributed by atoms with Crippen molar-refractivity contribution in [2.24, 2.45) is 5.92 Å². The SMILES string of the molecule is COC[C@H](Nc1ccn(-c2ccccc2)n1)C1CC1. The number of nitrogens with zero attached hydrogens (tertiary/aromatic N) is 2. The van der Waals surface area contributed by atoms with E-state index >= 15 is 0 Å². The molecule has 0 radical (unpaired) electrons. The van der Waals surface area contributed by atoms with Gasteiger partial charge in [-0.15, -0.1) is 0 Å². The second kappa shape index (κ2) is 5.45. The van der Waals surface area contributed by atoms with Crippen LogP contribution in [0.1, 0.15) is 12.8 Å². The van der Waals surface area contributed by atoms with Gasteiger partial charge in [-0.1, -0.05) is 18.2 Å². The van der Waals surface area contributed by atoms with Crippen LogP contribution < -0.4 is 5.32 Å². The zero-order valence-electron chi connectivity index (χ0n) is 11.1. The molecule has 1 aromatic heterocycles. The third-order valence-corrected chi connectivity index (χ3v) is 3.48. The minimum atomic E-state index is 0.379. The summed E-state index contributed by atoms with van der Waals surface area (Å²) in [5.41, 5.74) is 1.07. The van der Waals surface area contributed by atoms with E-state index in [0.29, 0.717) is 6.04 Å². The van der Waals surface area contributed by atoms with Crippen molar-refractivity contribution in [3.05, 3.63) is 42.6 Å². The summed E-state index contributed by atoms with van der Waals surface area (Å²) in [5, 5.41) is 8.04. The molecule has 2 aromatic rings. The standard InChI is InChI=1S/C15H19N3O/c1-19-11-14(12-7-8-12)16-15-9-10-18(17-15)13-5-3-2-4-6-13/h2-6,9-10,12,14H,7-8,11H2,1H3,(H,16,17)/t14-/m0/s1. The van der Waals surface area contributed by atoms with E-state index in [-0.39, 0.29) is 0 Å². The summed E-state index contributed by atoms with van der Waals surface area (Å²) < 4.78 is 7.16. The Labute approximate surface area is 113 Å². The number of rotatable bonds is 6. The van der Waals surface area contributed by atoms with E-state index < -0.39 is 0 Å². The maximum absolute atomic E-state index is 5.27. The molecule has 1 aromatic carbocycles. The second-order valence-electron chi connectivity index (χ2n) is 5.02. The Kier molecular flexibility index (Phi) is 3.51. The van der Waals surface area contributed by atoms with E-state index in [0.717, 1.165) is 24.0 Å². The van der Waals surface area contributed by atoms with Gasteiger partial charge < -0.3 is 10.1 Å². The normalized spacial score (nSPS) is 16.3. The number of benzene rings is 1. The fourth-order valence-electron chi connectivity index (χ4n) is 2.29. The van der Waals surface area contributed by atoms with Crippen LogP contribution in [0.2, 0.25) is 0 Å². The predicted octanol–water partition coefficient (Wildman–Crippen LogP) is 2.71. The Hall–Kier alpha value is -1.81. The fraction of sp³-hybridized carbons (Fsp3) is 0.400. The van der Waals surface area contributed by atoms with Crippen molar-refractivity contribution in [3.8, 4) is 5.69 Å². The molecule has 1 heterocycles. The molecular weight excluding hydrogens is 238 g/mol. The average molecular weight is 257 g/mol. The van der Waals surface area contributed by atoms with E-state index in [9.17, 15) is 0 Å². The molecule has 4 heteroatoms. The summed E-state index contributed by atoms with van der Waals surface area (Å²) in [6, 6.07) is 12.5. The van der Waals surface area contributed by atoms with Crippen molar-refractivity contribution in [1.29, 1.82) is 0 Å². The Bertz CT molecular complexity index is 519. The number of aromatic nitrogens is 2. The van der Waals surface area contributed by atoms with Gasteiger partial charge in [-0.25, -0.2) is 4.68 Å². The molecule has 0 bridgehead atoms. The molecule has 1 aliphatic carbocycles. The summed E-state index contributed by atoms with van der Waals surface area (Å²) in [4.78, 5) is 0. The van der Waals surface area contributed by atoms with Crippen LogP contribution in [0.15, 0.2) is 42.6 Å². The quantitative estimate of drug-likeness (QED) is 0.864. The number of para-hydroxylation sites is 1. The van der Waals surface area contributed by atoms with Gasteiger partial charge in [0.05, 0.1) is 18.3 Å². The smallest absolute Gasteiger partial charge is 0.148 e. The van der Waals surface area contributed by atoms with E-state index in [2.05, 4.69) is 10.4 Å². The predicted molar refractivity (Wildman–Crippen MR) is 75.6 cm³/mol. The van der Waals surface area contributed by atoms with Gasteiger partial charge in [0.2, 0.25) is 0 Å². The molecule has 0 amide bonds. The maximum Gasteiger partial charge on any atom is 0.148 e. The van der Waals surface area contributed by atoms with Crippen LogP contribution in [0, 0.1) is 5.92 Å². The van der Waals surface area contributed by atoms with Gasteiger partial charge in [-0.3, -0.25) is 0 Å². The molecule has 1 N–H and O–H groups in total. The maximum atomic E-state index is 5.27. The first-order chi connectivity index (χ1) is 9.36. The van der Waals surface area contributed by atoms with Crippen LogP contribution in [-0.2, 0) is 4.74 Å². The van der Waals surface area contributed by atoms with Gasteiger partial charge in [0, 0.05) is 19.4 Å². The van der Waals surface area contributed by atoms with Crippen LogP contribution in [0.4, 0.5) is 5.82 Å². The number of hydrogen-bond acceptors (Lipinski definition) is 3. The molecule has 0 spiro atoms. The van der Waals surface area contributed by atoms with Crippen molar-refractivity contribution < 1.29 is 4.74 Å². The number of ether oxygens (including phenoxy) is 1. The summed E-state index contributed by atoms with van der Waals surface area (Å²) in [5.74, 6) is 1.65. The third kappa shape index (κ3) is 2.96. The number of methoxy groups -OCH3 is 1. The van der Waals surface area contributed by atoms with Crippen molar-refractivity contribution in [2.75, 3.05) is 19.0 Å². The molecule has 1 atom stereocenters. The highest BCUT2D eigenvalue weighted by Gasteiger charge is 2.31. The zero-order chi connectivity index (χ0) is 13.1. The molecule has 19 heavy (non-hydrogen) atoms. The molecule has 1 aliphatic rings. The lowest BCUT2D eigenvalue weighted by atomic mass is 10.2. The van der Waals surface area contributed by atoms with E-state index in [4.69, 9.17) is 4.74 Å². The van der Waals surface area contributed by atoms with Gasteiger partial charge in [-0.2, -0.15) is 5.10 Å². The molecule has 4 nitrogen and oxygen atoms in total. The topological polar surface area (TPSA) is 39.1 Å². The van der Waals surface area contributed by atoms with Crippen molar-refractivity contribution in [1.82, 2.24) is 9.78 Å². The van der Waals surface area contributed by atoms with Crippen molar-refractivity contribution >= 4 is 5.82 Å². The van der Waals surface area contributed by atoms with Crippen LogP contribution >= 0.6 is 0 Å². The summed E-state index contributed by atoms with van der Waals surface area (Å²) in [7, 11) is 1.75. The van der Waals surface area contributed by atoms with E-state index in [1.165, 1.54) is 12.8 Å². The molecule has 0 unspecified atom stereocenters. The zero-order valence-corrected chi connectivity index (χ0v) is 11.1. The first-order valence-electron chi connectivity index (χ1n) is 6.73. The number of hydrogen-bond donors (Lipinski definition) is 1. The van der Waals surface area contributed by atoms with Gasteiger partial charge in [0.25, 0.3) is 0 Å². The molecule has 0 aliphatic heterocycles. The first kappa shape index (κ1) is 12.2. The van der Waals surface area contributed by atoms with Crippen LogP contribution in [-0.4, -0.2) is 29.5 Å². The van der Waals surface area contributed by atoms with Crippen LogP contribution in [0.5, 0.6) is 0 Å².